The zero-order valence-corrected chi connectivity index (χ0v) is 17.8. The van der Waals surface area contributed by atoms with Crippen molar-refractivity contribution in [1.29, 1.82) is 0 Å². The molecule has 0 radical (unpaired) electrons. The summed E-state index contributed by atoms with van der Waals surface area (Å²) in [4.78, 5) is 4.60. The van der Waals surface area contributed by atoms with Gasteiger partial charge in [0, 0.05) is 18.7 Å². The summed E-state index contributed by atoms with van der Waals surface area (Å²) in [5, 5.41) is 7.72. The van der Waals surface area contributed by atoms with Crippen molar-refractivity contribution in [2.45, 2.75) is 36.8 Å². The fourth-order valence-electron chi connectivity index (χ4n) is 5.15. The predicted octanol–water partition coefficient (Wildman–Crippen LogP) is 2.46. The van der Waals surface area contributed by atoms with Crippen LogP contribution in [0.15, 0.2) is 29.0 Å². The lowest BCUT2D eigenvalue weighted by molar-refractivity contribution is -0.0216. The maximum atomic E-state index is 14.0. The molecule has 1 atom stereocenters. The lowest BCUT2D eigenvalue weighted by Crippen LogP contribution is -2.62. The number of benzene rings is 1. The van der Waals surface area contributed by atoms with Gasteiger partial charge >= 0.3 is 6.01 Å². The van der Waals surface area contributed by atoms with Crippen LogP contribution in [-0.2, 0) is 9.47 Å². The van der Waals surface area contributed by atoms with Gasteiger partial charge in [-0.2, -0.15) is 0 Å². The van der Waals surface area contributed by atoms with Crippen LogP contribution >= 0.6 is 0 Å². The van der Waals surface area contributed by atoms with Gasteiger partial charge in [0.2, 0.25) is 6.39 Å². The first kappa shape index (κ1) is 20.7. The number of hydrogen-bond acceptors (Lipinski definition) is 8. The third-order valence-corrected chi connectivity index (χ3v) is 6.77. The Bertz CT molecular complexity index is 866. The Balaban J connectivity index is 1.15. The number of rotatable bonds is 7. The van der Waals surface area contributed by atoms with Crippen LogP contribution in [0.25, 0.3) is 0 Å². The number of nitrogens with zero attached hydrogens (tertiary/aromatic N) is 4. The third kappa shape index (κ3) is 4.26. The smallest absolute Gasteiger partial charge is 0.318 e. The Kier molecular flexibility index (Phi) is 5.81. The second kappa shape index (κ2) is 8.72. The fourth-order valence-corrected chi connectivity index (χ4v) is 5.15. The Morgan fingerprint density at radius 1 is 1.23 bits per heavy atom. The van der Waals surface area contributed by atoms with Crippen LogP contribution in [0.5, 0.6) is 5.75 Å². The normalized spacial score (nSPS) is 23.9. The fraction of sp³-hybridized carbons (Fsp3) is 0.636. The van der Waals surface area contributed by atoms with Crippen LogP contribution < -0.4 is 9.64 Å². The molecule has 2 aromatic rings. The minimum atomic E-state index is -0.210. The maximum absolute atomic E-state index is 14.0. The van der Waals surface area contributed by atoms with Crippen molar-refractivity contribution in [3.05, 3.63) is 36.0 Å². The van der Waals surface area contributed by atoms with Crippen LogP contribution in [0, 0.1) is 5.82 Å². The minimum Gasteiger partial charge on any atom is -0.491 e. The largest absolute Gasteiger partial charge is 0.491 e. The summed E-state index contributed by atoms with van der Waals surface area (Å²) in [6.45, 7) is 5.31. The molecule has 1 aromatic carbocycles. The van der Waals surface area contributed by atoms with Gasteiger partial charge in [-0.05, 0) is 56.5 Å². The molecule has 9 heteroatoms. The van der Waals surface area contributed by atoms with E-state index in [0.29, 0.717) is 31.2 Å². The van der Waals surface area contributed by atoms with Gasteiger partial charge in [0.05, 0.1) is 26.3 Å². The van der Waals surface area contributed by atoms with Crippen molar-refractivity contribution in [3.8, 4) is 5.75 Å². The monoisotopic (exact) mass is 432 g/mol. The molecule has 3 fully saturated rings. The van der Waals surface area contributed by atoms with Gasteiger partial charge in [0.1, 0.15) is 23.8 Å². The highest BCUT2D eigenvalue weighted by Gasteiger charge is 2.52. The zero-order valence-electron chi connectivity index (χ0n) is 17.8. The lowest BCUT2D eigenvalue weighted by atomic mass is 9.86. The van der Waals surface area contributed by atoms with Gasteiger partial charge in [-0.25, -0.2) is 4.39 Å². The van der Waals surface area contributed by atoms with Crippen molar-refractivity contribution in [2.24, 2.45) is 0 Å². The molecule has 31 heavy (non-hydrogen) atoms. The first-order valence-electron chi connectivity index (χ1n) is 11.0. The van der Waals surface area contributed by atoms with Crippen molar-refractivity contribution >= 4 is 6.01 Å². The number of aromatic nitrogens is 2. The Morgan fingerprint density at radius 3 is 2.81 bits per heavy atom. The number of ether oxygens (including phenoxy) is 3. The molecular weight excluding hydrogens is 403 g/mol. The summed E-state index contributed by atoms with van der Waals surface area (Å²) in [7, 11) is 1.65. The van der Waals surface area contributed by atoms with Gasteiger partial charge < -0.3 is 23.5 Å². The summed E-state index contributed by atoms with van der Waals surface area (Å²) in [5.41, 5.74) is 0.880. The molecule has 0 bridgehead atoms. The first-order valence-corrected chi connectivity index (χ1v) is 11.0. The van der Waals surface area contributed by atoms with Gasteiger partial charge in [-0.1, -0.05) is 5.10 Å². The number of halogens is 1. The summed E-state index contributed by atoms with van der Waals surface area (Å²) in [6.07, 6.45) is 4.35. The second-order valence-corrected chi connectivity index (χ2v) is 8.76. The maximum Gasteiger partial charge on any atom is 0.318 e. The lowest BCUT2D eigenvalue weighted by Gasteiger charge is -2.46. The summed E-state index contributed by atoms with van der Waals surface area (Å²) < 4.78 is 36.4. The second-order valence-electron chi connectivity index (χ2n) is 8.76. The van der Waals surface area contributed by atoms with Gasteiger partial charge in [0.15, 0.2) is 0 Å². The van der Waals surface area contributed by atoms with Crippen molar-refractivity contribution in [1.82, 2.24) is 15.1 Å². The molecule has 0 unspecified atom stereocenters. The molecule has 168 valence electrons. The van der Waals surface area contributed by atoms with E-state index in [2.05, 4.69) is 20.0 Å². The standard InChI is InChI=1S/C22H29FN4O4/c1-28-8-9-29-20-3-2-17(23)10-19(20)16-4-6-26(7-5-16)18-11-22(31-12-18)13-27(14-22)21-25-24-15-30-21/h2-3,10,15-16,18H,4-9,11-14H2,1H3/t18-/m0/s1. The molecule has 3 aliphatic rings. The highest BCUT2D eigenvalue weighted by Crippen LogP contribution is 2.41. The van der Waals surface area contributed by atoms with E-state index < -0.39 is 0 Å². The van der Waals surface area contributed by atoms with Crippen molar-refractivity contribution < 1.29 is 23.0 Å². The van der Waals surface area contributed by atoms with E-state index >= 15 is 0 Å². The van der Waals surface area contributed by atoms with Crippen LogP contribution in [0.3, 0.4) is 0 Å². The highest BCUT2D eigenvalue weighted by atomic mass is 19.1. The van der Waals surface area contributed by atoms with E-state index in [9.17, 15) is 4.39 Å². The quantitative estimate of drug-likeness (QED) is 0.618. The zero-order chi connectivity index (χ0) is 21.3. The molecule has 8 nitrogen and oxygen atoms in total. The number of anilines is 1. The summed E-state index contributed by atoms with van der Waals surface area (Å²) >= 11 is 0. The molecule has 0 saturated carbocycles. The molecule has 1 spiro atoms. The van der Waals surface area contributed by atoms with Gasteiger partial charge in [0.25, 0.3) is 0 Å². The summed E-state index contributed by atoms with van der Waals surface area (Å²) in [6, 6.07) is 5.84. The van der Waals surface area contributed by atoms with E-state index in [1.165, 1.54) is 12.5 Å². The number of hydrogen-bond donors (Lipinski definition) is 0. The van der Waals surface area contributed by atoms with Crippen LogP contribution in [0.2, 0.25) is 0 Å². The first-order chi connectivity index (χ1) is 15.2. The predicted molar refractivity (Wildman–Crippen MR) is 111 cm³/mol. The SMILES string of the molecule is COCCOc1ccc(F)cc1C1CCN([C@@H]2COC3(C2)CN(c2nnco2)C3)CC1. The molecule has 3 saturated heterocycles. The van der Waals surface area contributed by atoms with Crippen molar-refractivity contribution in [3.63, 3.8) is 0 Å². The van der Waals surface area contributed by atoms with E-state index in [-0.39, 0.29) is 11.4 Å². The van der Waals surface area contributed by atoms with Crippen LogP contribution in [0.1, 0.15) is 30.7 Å². The average molecular weight is 432 g/mol. The topological polar surface area (TPSA) is 73.1 Å². The van der Waals surface area contributed by atoms with E-state index in [1.54, 1.807) is 19.2 Å². The van der Waals surface area contributed by atoms with E-state index in [0.717, 1.165) is 63.4 Å². The summed E-state index contributed by atoms with van der Waals surface area (Å²) in [5.74, 6) is 0.867. The average Bonchev–Trinajstić information content (AvgIpc) is 3.44. The molecule has 0 aliphatic carbocycles. The third-order valence-electron chi connectivity index (χ3n) is 6.77. The number of piperidine rings is 1. The van der Waals surface area contributed by atoms with E-state index in [1.807, 2.05) is 0 Å². The number of methoxy groups -OCH3 is 1. The van der Waals surface area contributed by atoms with Gasteiger partial charge in [-0.3, -0.25) is 4.90 Å². The molecule has 4 heterocycles. The Labute approximate surface area is 181 Å². The molecule has 0 N–H and O–H groups in total. The molecular formula is C22H29FN4O4. The minimum absolute atomic E-state index is 0.0963. The van der Waals surface area contributed by atoms with Crippen LogP contribution in [-0.4, -0.2) is 79.8 Å². The van der Waals surface area contributed by atoms with Crippen molar-refractivity contribution in [2.75, 3.05) is 58.0 Å². The molecule has 1 aromatic heterocycles. The highest BCUT2D eigenvalue weighted by molar-refractivity contribution is 5.37. The van der Waals surface area contributed by atoms with Gasteiger partial charge in [-0.15, -0.1) is 5.10 Å². The Morgan fingerprint density at radius 2 is 2.06 bits per heavy atom. The Hall–Kier alpha value is -2.23. The van der Waals surface area contributed by atoms with Crippen LogP contribution in [0.4, 0.5) is 10.4 Å². The number of likely N-dealkylation sites (tertiary alicyclic amines) is 1. The molecule has 0 amide bonds. The van der Waals surface area contributed by atoms with E-state index in [4.69, 9.17) is 18.6 Å². The molecule has 3 aliphatic heterocycles. The molecule has 5 rings (SSSR count).